The number of carbonyl (C=O) groups excluding carboxylic acids is 2. The number of benzene rings is 8. The van der Waals surface area contributed by atoms with E-state index in [-0.39, 0.29) is 14.9 Å². The van der Waals surface area contributed by atoms with Crippen molar-refractivity contribution in [2.75, 3.05) is 33.3 Å². The quantitative estimate of drug-likeness (QED) is 0.0682. The monoisotopic (exact) mass is 1320 g/mol. The van der Waals surface area contributed by atoms with Crippen LogP contribution in [-0.4, -0.2) is 76.5 Å². The van der Waals surface area contributed by atoms with Crippen LogP contribution < -0.4 is 24.6 Å². The minimum absolute atomic E-state index is 0. The first-order valence-corrected chi connectivity index (χ1v) is 33.6. The van der Waals surface area contributed by atoms with Crippen LogP contribution in [-0.2, 0) is 46.7 Å². The predicted octanol–water partition coefficient (Wildman–Crippen LogP) is 18.2. The van der Waals surface area contributed by atoms with Gasteiger partial charge in [-0.25, -0.2) is 18.7 Å². The van der Waals surface area contributed by atoms with Crippen LogP contribution in [0.4, 0.5) is 0 Å². The lowest BCUT2D eigenvalue weighted by Gasteiger charge is -2.25. The summed E-state index contributed by atoms with van der Waals surface area (Å²) in [5.74, 6) is 1.45. The number of hydrogen-bond acceptors (Lipinski definition) is 8. The van der Waals surface area contributed by atoms with Crippen LogP contribution in [0.15, 0.2) is 179 Å². The zero-order chi connectivity index (χ0) is 67.7. The third-order valence-corrected chi connectivity index (χ3v) is 18.5. The highest BCUT2D eigenvalue weighted by molar-refractivity contribution is 6.10. The van der Waals surface area contributed by atoms with E-state index in [1.807, 2.05) is 30.3 Å². The highest BCUT2D eigenvalue weighted by atomic mass is 16.6. The maximum atomic E-state index is 12.4. The lowest BCUT2D eigenvalue weighted by atomic mass is 9.82. The van der Waals surface area contributed by atoms with Crippen molar-refractivity contribution >= 4 is 79.1 Å². The van der Waals surface area contributed by atoms with Crippen molar-refractivity contribution in [3.63, 3.8) is 0 Å². The molecule has 14 nitrogen and oxygen atoms in total. The number of aromatic carboxylic acids is 2. The molecule has 0 bridgehead atoms. The number of hydrogen-bond donors (Lipinski definition) is 2. The fraction of sp³-hybridized carbons (Fsp3) is 0.286. The molecule has 2 N–H and O–H groups in total. The maximum absolute atomic E-state index is 12.4. The van der Waals surface area contributed by atoms with Gasteiger partial charge in [0.05, 0.1) is 30.4 Å². The van der Waals surface area contributed by atoms with E-state index >= 15 is 0 Å². The summed E-state index contributed by atoms with van der Waals surface area (Å²) < 4.78 is 31.8. The molecule has 2 aromatic heterocycles. The molecule has 0 fully saturated rings. The van der Waals surface area contributed by atoms with E-state index in [1.165, 1.54) is 63.0 Å². The smallest absolute Gasteiger partial charge is 0.336 e. The molecule has 0 saturated carbocycles. The summed E-state index contributed by atoms with van der Waals surface area (Å²) in [6, 6.07) is 57.5. The molecule has 0 amide bonds. The molecule has 98 heavy (non-hydrogen) atoms. The number of fused-ring (bicyclic) bond motifs is 10. The molecule has 0 atom stereocenters. The number of carboxylic acid groups (broad SMARTS) is 2. The third-order valence-electron chi connectivity index (χ3n) is 18.5. The molecule has 6 aromatic carbocycles. The molecule has 506 valence electrons. The summed E-state index contributed by atoms with van der Waals surface area (Å²) in [6.45, 7) is 20.9. The van der Waals surface area contributed by atoms with Crippen LogP contribution in [0, 0.1) is 0 Å². The Morgan fingerprint density at radius 2 is 0.939 bits per heavy atom. The molecule has 0 unspecified atom stereocenters. The van der Waals surface area contributed by atoms with Gasteiger partial charge >= 0.3 is 23.9 Å². The van der Waals surface area contributed by atoms with Gasteiger partial charge in [0.15, 0.2) is 0 Å². The van der Waals surface area contributed by atoms with Crippen molar-refractivity contribution in [1.82, 2.24) is 18.3 Å². The number of aromatic nitrogens is 2. The standard InChI is InChI=1S/C39H36N2O3.C24H25NO3.C15H15NO.C4H6O3.2CH4/c1-4-40(5-2)27-19-20-31-36(24-27)44-38-26(12-11-16-32(38)37(31)29-14-7-8-15-30(29)39(42)43)22-25-18-21-35-33(23-25)28-13-9-10-17-34(28)41(35)6-3;1-3-25(4-2)16-13-14-20-22(15-16)28-21-12-8-7-11-19(21)23(20)17-9-5-6-10-18(17)24(26)27;1-3-16-14-7-5-4-6-12(14)13-10-11(17-2)8-9-15(13)16;1-3(5)7-4(2)6;;/h7-10,13-15,17-24H,4-6,11-12,16H2,1-3H3;5-6,9-10,13-15H,3-4,7-8,11-12H2,1-2H3;4-10H,3H2,1-2H3;1-2H3;2*1H4/p+2. The second-order valence-electron chi connectivity index (χ2n) is 24.1. The van der Waals surface area contributed by atoms with Crippen LogP contribution in [0.25, 0.3) is 100 Å². The van der Waals surface area contributed by atoms with E-state index in [1.54, 1.807) is 31.4 Å². The number of esters is 2. The van der Waals surface area contributed by atoms with E-state index in [0.29, 0.717) is 11.1 Å². The van der Waals surface area contributed by atoms with Crippen LogP contribution in [0.2, 0.25) is 0 Å². The van der Waals surface area contributed by atoms with Crippen molar-refractivity contribution in [3.8, 4) is 50.7 Å². The fourth-order valence-electron chi connectivity index (χ4n) is 14.2. The van der Waals surface area contributed by atoms with E-state index in [2.05, 4.69) is 186 Å². The van der Waals surface area contributed by atoms with Gasteiger partial charge in [-0.3, -0.25) is 9.59 Å². The molecule has 4 aliphatic carbocycles. The van der Waals surface area contributed by atoms with E-state index in [4.69, 9.17) is 13.6 Å². The third kappa shape index (κ3) is 14.6. The van der Waals surface area contributed by atoms with Gasteiger partial charge in [0.25, 0.3) is 0 Å². The summed E-state index contributed by atoms with van der Waals surface area (Å²) in [6.07, 6.45) is 9.01. The SMILES string of the molecule is C.C.CC(=O)OC(C)=O.CC[N+](CC)=c1ccc2c(-c3ccccc3C(=O)O)c3c(oc-2c1)CCCC3.CCn1c2ccccc2c2cc(/C=C3\CCCc4c3oc3cc(=[N+](CC)CC)ccc-3c4-c3ccccc3C(=O)O)ccc21.CCn1c2ccccc2c2cc(OC)ccc21. The predicted molar refractivity (Wildman–Crippen MR) is 398 cm³/mol. The number of nitrogens with zero attached hydrogens (tertiary/aromatic N) is 4. The van der Waals surface area contributed by atoms with Gasteiger partial charge in [-0.2, -0.15) is 0 Å². The molecule has 2 aliphatic heterocycles. The average molecular weight is 1320 g/mol. The highest BCUT2D eigenvalue weighted by Crippen LogP contribution is 2.47. The topological polar surface area (TPSA) is 169 Å². The van der Waals surface area contributed by atoms with E-state index < -0.39 is 23.9 Å². The minimum Gasteiger partial charge on any atom is -0.497 e. The first kappa shape index (κ1) is 71.7. The number of aryl methyl sites for hydroxylation is 3. The van der Waals surface area contributed by atoms with Gasteiger partial charge in [0, 0.05) is 117 Å². The number of ether oxygens (including phenoxy) is 2. The number of carbonyl (C=O) groups is 4. The Hall–Kier alpha value is -10.6. The van der Waals surface area contributed by atoms with Gasteiger partial charge in [0.1, 0.15) is 55.0 Å². The second-order valence-corrected chi connectivity index (χ2v) is 24.1. The average Bonchev–Trinajstić information content (AvgIpc) is 1.10. The highest BCUT2D eigenvalue weighted by Gasteiger charge is 2.30. The van der Waals surface area contributed by atoms with Gasteiger partial charge in [-0.05, 0) is 181 Å². The van der Waals surface area contributed by atoms with Crippen LogP contribution >= 0.6 is 0 Å². The van der Waals surface area contributed by atoms with Gasteiger partial charge in [-0.15, -0.1) is 0 Å². The van der Waals surface area contributed by atoms with Crippen LogP contribution in [0.3, 0.4) is 0 Å². The Bertz CT molecular complexity index is 5030. The number of carboxylic acids is 2. The van der Waals surface area contributed by atoms with E-state index in [0.717, 1.165) is 174 Å². The van der Waals surface area contributed by atoms with Crippen molar-refractivity contribution in [2.45, 2.75) is 128 Å². The van der Waals surface area contributed by atoms with Crippen LogP contribution in [0.5, 0.6) is 5.75 Å². The number of rotatable bonds is 12. The molecule has 0 spiro atoms. The summed E-state index contributed by atoms with van der Waals surface area (Å²) in [7, 11) is 1.71. The molecule has 0 saturated heterocycles. The largest absolute Gasteiger partial charge is 0.497 e. The summed E-state index contributed by atoms with van der Waals surface area (Å²) in [5.41, 5.74) is 15.7. The molecule has 14 rings (SSSR count). The molecular formula is C84H92N4O10+2. The second kappa shape index (κ2) is 32.0. The Balaban J connectivity index is 0.000000177. The first-order valence-electron chi connectivity index (χ1n) is 33.6. The zero-order valence-corrected chi connectivity index (χ0v) is 56.4. The Morgan fingerprint density at radius 3 is 1.44 bits per heavy atom. The van der Waals surface area contributed by atoms with Crippen molar-refractivity contribution in [2.24, 2.45) is 0 Å². The van der Waals surface area contributed by atoms with Crippen molar-refractivity contribution in [3.05, 3.63) is 220 Å². The van der Waals surface area contributed by atoms with Crippen LogP contribution in [0.1, 0.15) is 145 Å². The van der Waals surface area contributed by atoms with Crippen molar-refractivity contribution in [1.29, 1.82) is 0 Å². The number of para-hydroxylation sites is 2. The maximum Gasteiger partial charge on any atom is 0.336 e. The summed E-state index contributed by atoms with van der Waals surface area (Å²) in [5, 5.41) is 27.2. The molecule has 14 heteroatoms. The normalized spacial score (nSPS) is 12.6. The summed E-state index contributed by atoms with van der Waals surface area (Å²) in [4.78, 5) is 43.9. The van der Waals surface area contributed by atoms with Crippen molar-refractivity contribution < 1.29 is 47.7 Å². The lowest BCUT2D eigenvalue weighted by Crippen LogP contribution is -2.29. The summed E-state index contributed by atoms with van der Waals surface area (Å²) >= 11 is 0. The Kier molecular flexibility index (Phi) is 23.4. The molecule has 6 aliphatic rings. The lowest BCUT2D eigenvalue weighted by molar-refractivity contribution is -0.156. The molecule has 4 heterocycles. The van der Waals surface area contributed by atoms with Gasteiger partial charge in [0.2, 0.25) is 10.7 Å². The molecule has 0 radical (unpaired) electrons. The molecular weight excluding hydrogens is 1220 g/mol. The number of allylic oxidation sites excluding steroid dienone is 1. The minimum atomic E-state index is -0.922. The Morgan fingerprint density at radius 1 is 0.480 bits per heavy atom. The number of methoxy groups -OCH3 is 1. The fourth-order valence-corrected chi connectivity index (χ4v) is 14.2. The van der Waals surface area contributed by atoms with E-state index in [9.17, 15) is 29.4 Å². The zero-order valence-electron chi connectivity index (χ0n) is 56.4. The Labute approximate surface area is 574 Å². The molecule has 8 aromatic rings. The van der Waals surface area contributed by atoms with Gasteiger partial charge < -0.3 is 37.7 Å². The first-order chi connectivity index (χ1) is 46.6. The van der Waals surface area contributed by atoms with Gasteiger partial charge in [-0.1, -0.05) is 93.7 Å².